The van der Waals surface area contributed by atoms with Gasteiger partial charge in [0, 0.05) is 44.1 Å². The lowest BCUT2D eigenvalue weighted by atomic mass is 9.67. The maximum atomic E-state index is 13.1. The number of carbonyl (C=O) groups excluding carboxylic acids is 4. The van der Waals surface area contributed by atoms with Gasteiger partial charge in [-0.2, -0.15) is 0 Å². The molecule has 1 aliphatic carbocycles. The molecule has 1 saturated carbocycles. The van der Waals surface area contributed by atoms with E-state index in [0.717, 1.165) is 30.4 Å². The summed E-state index contributed by atoms with van der Waals surface area (Å²) in [4.78, 5) is 50.2. The first-order chi connectivity index (χ1) is 21.6. The normalized spacial score (nSPS) is 29.0. The fraction of sp³-hybridized carbons (Fsp3) is 0.676. The topological polar surface area (TPSA) is 127 Å². The quantitative estimate of drug-likeness (QED) is 0.208. The number of ketones is 2. The number of nitrogens with one attached hydrogen (secondary N) is 2. The van der Waals surface area contributed by atoms with E-state index in [4.69, 9.17) is 14.2 Å². The third-order valence-electron chi connectivity index (χ3n) is 9.96. The second kappa shape index (κ2) is 14.5. The predicted octanol–water partition coefficient (Wildman–Crippen LogP) is 4.82. The Kier molecular flexibility index (Phi) is 11.3. The highest BCUT2D eigenvalue weighted by atomic mass is 16.6. The highest BCUT2D eigenvalue weighted by Gasteiger charge is 2.71. The fourth-order valence-corrected chi connectivity index (χ4v) is 6.85. The van der Waals surface area contributed by atoms with Crippen molar-refractivity contribution in [3.05, 3.63) is 47.0 Å². The lowest BCUT2D eigenvalue weighted by Gasteiger charge is -2.43. The summed E-state index contributed by atoms with van der Waals surface area (Å²) in [6.07, 6.45) is 6.01. The minimum absolute atomic E-state index is 0.0182. The van der Waals surface area contributed by atoms with Gasteiger partial charge in [-0.15, -0.1) is 0 Å². The minimum Gasteiger partial charge on any atom is -0.379 e. The Bertz CT molecular complexity index is 1310. The molecule has 4 rings (SSSR count). The Labute approximate surface area is 274 Å². The van der Waals surface area contributed by atoms with Crippen molar-refractivity contribution in [1.82, 2.24) is 10.6 Å². The van der Waals surface area contributed by atoms with Crippen molar-refractivity contribution in [3.63, 3.8) is 0 Å². The molecule has 254 valence electrons. The summed E-state index contributed by atoms with van der Waals surface area (Å²) in [5.41, 5.74) is 2.06. The van der Waals surface area contributed by atoms with Crippen molar-refractivity contribution >= 4 is 23.4 Å². The third-order valence-corrected chi connectivity index (χ3v) is 9.96. The van der Waals surface area contributed by atoms with Crippen LogP contribution in [0, 0.1) is 11.3 Å². The molecule has 2 amide bonds. The summed E-state index contributed by atoms with van der Waals surface area (Å²) in [6.45, 7) is 14.2. The molecule has 2 heterocycles. The Morgan fingerprint density at radius 1 is 1.04 bits per heavy atom. The average Bonchev–Trinajstić information content (AvgIpc) is 3.91. The number of aryl methyl sites for hydroxylation is 1. The summed E-state index contributed by atoms with van der Waals surface area (Å²) in [6, 6.07) is 6.92. The average molecular weight is 639 g/mol. The molecule has 2 N–H and O–H groups in total. The summed E-state index contributed by atoms with van der Waals surface area (Å²) >= 11 is 0. The largest absolute Gasteiger partial charge is 0.379 e. The molecule has 9 nitrogen and oxygen atoms in total. The zero-order valence-corrected chi connectivity index (χ0v) is 29.0. The van der Waals surface area contributed by atoms with Crippen molar-refractivity contribution < 1.29 is 33.4 Å². The van der Waals surface area contributed by atoms with Gasteiger partial charge in [-0.25, -0.2) is 0 Å². The maximum absolute atomic E-state index is 13.1. The van der Waals surface area contributed by atoms with Crippen LogP contribution >= 0.6 is 0 Å². The van der Waals surface area contributed by atoms with Crippen LogP contribution in [0.2, 0.25) is 0 Å². The monoisotopic (exact) mass is 638 g/mol. The van der Waals surface area contributed by atoms with Gasteiger partial charge in [-0.3, -0.25) is 19.2 Å². The lowest BCUT2D eigenvalue weighted by Crippen LogP contribution is -2.59. The zero-order chi connectivity index (χ0) is 33.9. The van der Waals surface area contributed by atoms with Gasteiger partial charge >= 0.3 is 0 Å². The van der Waals surface area contributed by atoms with Gasteiger partial charge in [0.1, 0.15) is 11.4 Å². The summed E-state index contributed by atoms with van der Waals surface area (Å²) in [5, 5.41) is 5.97. The van der Waals surface area contributed by atoms with Crippen LogP contribution in [0.15, 0.2) is 35.9 Å². The molecule has 1 spiro atoms. The number of rotatable bonds is 15. The molecule has 9 heteroatoms. The number of benzene rings is 1. The summed E-state index contributed by atoms with van der Waals surface area (Å²) in [5.74, 6) is -0.359. The van der Waals surface area contributed by atoms with Crippen molar-refractivity contribution in [3.8, 4) is 0 Å². The van der Waals surface area contributed by atoms with Crippen molar-refractivity contribution in [2.75, 3.05) is 13.7 Å². The van der Waals surface area contributed by atoms with E-state index in [1.54, 1.807) is 14.0 Å². The van der Waals surface area contributed by atoms with Gasteiger partial charge < -0.3 is 24.8 Å². The van der Waals surface area contributed by atoms with E-state index in [2.05, 4.69) is 37.5 Å². The van der Waals surface area contributed by atoms with Gasteiger partial charge in [0.05, 0.1) is 36.5 Å². The maximum Gasteiger partial charge on any atom is 0.221 e. The number of hydrogen-bond donors (Lipinski definition) is 2. The van der Waals surface area contributed by atoms with Crippen LogP contribution in [0.3, 0.4) is 0 Å². The molecule has 0 unspecified atom stereocenters. The van der Waals surface area contributed by atoms with E-state index in [9.17, 15) is 19.2 Å². The number of amides is 2. The Morgan fingerprint density at radius 3 is 2.28 bits per heavy atom. The van der Waals surface area contributed by atoms with Crippen LogP contribution in [0.1, 0.15) is 98.1 Å². The second-order valence-corrected chi connectivity index (χ2v) is 15.0. The molecule has 2 aliphatic heterocycles. The van der Waals surface area contributed by atoms with E-state index in [1.165, 1.54) is 5.57 Å². The number of Topliss-reactive ketones (excluding diaryl/α,β-unsaturated/α-hetero) is 2. The van der Waals surface area contributed by atoms with Crippen molar-refractivity contribution in [1.29, 1.82) is 0 Å². The van der Waals surface area contributed by atoms with E-state index in [1.807, 2.05) is 45.0 Å². The van der Waals surface area contributed by atoms with Gasteiger partial charge in [-0.1, -0.05) is 56.7 Å². The van der Waals surface area contributed by atoms with Crippen LogP contribution < -0.4 is 10.6 Å². The molecular formula is C37H54N2O7. The molecular weight excluding hydrogens is 584 g/mol. The van der Waals surface area contributed by atoms with E-state index in [0.29, 0.717) is 19.4 Å². The molecule has 3 aliphatic rings. The number of methoxy groups -OCH3 is 1. The molecule has 2 saturated heterocycles. The van der Waals surface area contributed by atoms with Gasteiger partial charge in [0.2, 0.25) is 11.8 Å². The first kappa shape index (κ1) is 36.0. The molecule has 0 aromatic heterocycles. The number of ether oxygens (including phenoxy) is 3. The second-order valence-electron chi connectivity index (χ2n) is 15.0. The molecule has 46 heavy (non-hydrogen) atoms. The third kappa shape index (κ3) is 8.92. The number of hydrogen-bond acceptors (Lipinski definition) is 7. The summed E-state index contributed by atoms with van der Waals surface area (Å²) < 4.78 is 18.4. The highest BCUT2D eigenvalue weighted by Crippen LogP contribution is 2.59. The SMILES string of the molecule is CO[C@@H]1[C@H](NC(=O)CCc2ccc(CC(=O)[C@H](C)NC(=O)CCC(=O)C(C)(C)C)cc2)CC[C@]2(CO2)[C@H]1[C@@]1(C)O[C@@H]1CC=C(C)C. The summed E-state index contributed by atoms with van der Waals surface area (Å²) in [7, 11) is 1.71. The highest BCUT2D eigenvalue weighted by molar-refractivity contribution is 5.92. The smallest absolute Gasteiger partial charge is 0.221 e. The number of allylic oxidation sites excluding steroid dienone is 1. The van der Waals surface area contributed by atoms with Crippen molar-refractivity contribution in [2.24, 2.45) is 11.3 Å². The molecule has 1 aromatic carbocycles. The van der Waals surface area contributed by atoms with Gasteiger partial charge in [0.15, 0.2) is 5.78 Å². The van der Waals surface area contributed by atoms with Crippen LogP contribution in [0.4, 0.5) is 0 Å². The fourth-order valence-electron chi connectivity index (χ4n) is 6.85. The number of carbonyl (C=O) groups is 4. The first-order valence-corrected chi connectivity index (χ1v) is 16.8. The van der Waals surface area contributed by atoms with Gasteiger partial charge in [-0.05, 0) is 64.5 Å². The zero-order valence-electron chi connectivity index (χ0n) is 29.0. The molecule has 3 fully saturated rings. The molecule has 7 atom stereocenters. The van der Waals surface area contributed by atoms with E-state index in [-0.39, 0.29) is 78.0 Å². The minimum atomic E-state index is -0.644. The Balaban J connectivity index is 1.23. The van der Waals surface area contributed by atoms with Crippen LogP contribution in [-0.2, 0) is 46.2 Å². The van der Waals surface area contributed by atoms with E-state index < -0.39 is 11.5 Å². The van der Waals surface area contributed by atoms with Crippen molar-refractivity contribution in [2.45, 2.75) is 135 Å². The first-order valence-electron chi connectivity index (χ1n) is 16.8. The van der Waals surface area contributed by atoms with Crippen LogP contribution in [-0.4, -0.2) is 72.6 Å². The predicted molar refractivity (Wildman–Crippen MR) is 176 cm³/mol. The molecule has 0 bridgehead atoms. The number of epoxide rings is 2. The van der Waals surface area contributed by atoms with Crippen LogP contribution in [0.5, 0.6) is 0 Å². The molecule has 0 radical (unpaired) electrons. The van der Waals surface area contributed by atoms with E-state index >= 15 is 0 Å². The van der Waals surface area contributed by atoms with Crippen LogP contribution in [0.25, 0.3) is 0 Å². The van der Waals surface area contributed by atoms with Gasteiger partial charge in [0.25, 0.3) is 0 Å². The Morgan fingerprint density at radius 2 is 1.70 bits per heavy atom. The standard InChI is InChI=1S/C37H54N2O7/c1-23(2)9-16-30-36(7,46-30)34-33(44-8)27(19-20-37(34)22-45-37)39-32(43)17-14-25-10-12-26(13-11-25)21-28(40)24(3)38-31(42)18-15-29(41)35(4,5)6/h9-13,24,27,30,33-34H,14-22H2,1-8H3,(H,38,42)(H,39,43)/t24-,27+,30+,33+,34+,36-,37-/m0/s1. The lowest BCUT2D eigenvalue weighted by molar-refractivity contribution is -0.130. The molecule has 1 aromatic rings. The Hall–Kier alpha value is -2.88.